The predicted octanol–water partition coefficient (Wildman–Crippen LogP) is 2.29. The third-order valence-electron chi connectivity index (χ3n) is 3.29. The van der Waals surface area contributed by atoms with Crippen LogP contribution in [0.2, 0.25) is 0 Å². The molecule has 1 aliphatic rings. The van der Waals surface area contributed by atoms with E-state index in [0.29, 0.717) is 6.42 Å². The molecule has 0 saturated heterocycles. The average molecular weight is 249 g/mol. The minimum absolute atomic E-state index is 0.0523. The fourth-order valence-corrected chi connectivity index (χ4v) is 4.51. The molecular weight excluding hydrogens is 234 g/mol. The first-order chi connectivity index (χ1) is 8.13. The second-order valence-corrected chi connectivity index (χ2v) is 6.72. The molecule has 2 atom stereocenters. The molecule has 1 saturated carbocycles. The Balaban J connectivity index is 2.18. The second-order valence-electron chi connectivity index (χ2n) is 4.50. The molecule has 0 bridgehead atoms. The van der Waals surface area contributed by atoms with Gasteiger partial charge < -0.3 is 0 Å². The van der Waals surface area contributed by atoms with Crippen LogP contribution in [-0.2, 0) is 15.6 Å². The van der Waals surface area contributed by atoms with Crippen molar-refractivity contribution in [3.63, 3.8) is 0 Å². The summed E-state index contributed by atoms with van der Waals surface area (Å²) in [5.41, 5.74) is 0.802. The predicted molar refractivity (Wildman–Crippen MR) is 65.8 cm³/mol. The van der Waals surface area contributed by atoms with Crippen molar-refractivity contribution < 1.29 is 8.42 Å². The van der Waals surface area contributed by atoms with E-state index < -0.39 is 15.1 Å². The first-order valence-electron chi connectivity index (χ1n) is 5.78. The van der Waals surface area contributed by atoms with Gasteiger partial charge in [0.15, 0.2) is 9.84 Å². The van der Waals surface area contributed by atoms with Crippen LogP contribution >= 0.6 is 0 Å². The van der Waals surface area contributed by atoms with E-state index in [-0.39, 0.29) is 11.7 Å². The highest BCUT2D eigenvalue weighted by molar-refractivity contribution is 7.91. The zero-order chi connectivity index (χ0) is 12.3. The summed E-state index contributed by atoms with van der Waals surface area (Å²) in [6.07, 6.45) is 2.19. The summed E-state index contributed by atoms with van der Waals surface area (Å²) in [7, 11) is -3.20. The maximum absolute atomic E-state index is 12.2. The third kappa shape index (κ3) is 2.67. The van der Waals surface area contributed by atoms with Gasteiger partial charge in [-0.15, -0.1) is 0 Å². The number of benzene rings is 1. The molecule has 2 rings (SSSR count). The van der Waals surface area contributed by atoms with Gasteiger partial charge >= 0.3 is 0 Å². The zero-order valence-electron chi connectivity index (χ0n) is 9.54. The smallest absolute Gasteiger partial charge is 0.158 e. The van der Waals surface area contributed by atoms with E-state index >= 15 is 0 Å². The number of hydrogen-bond acceptors (Lipinski definition) is 3. The Morgan fingerprint density at radius 1 is 1.24 bits per heavy atom. The molecule has 0 N–H and O–H groups in total. The van der Waals surface area contributed by atoms with Crippen molar-refractivity contribution in [1.29, 1.82) is 5.26 Å². The molecule has 1 aromatic rings. The SMILES string of the molecule is N#CC1CCCC1S(=O)(=O)Cc1ccccc1. The lowest BCUT2D eigenvalue weighted by Gasteiger charge is -2.14. The average Bonchev–Trinajstić information content (AvgIpc) is 2.78. The fraction of sp³-hybridized carbons (Fsp3) is 0.462. The zero-order valence-corrected chi connectivity index (χ0v) is 10.4. The molecule has 0 aliphatic heterocycles. The van der Waals surface area contributed by atoms with Crippen LogP contribution in [0.5, 0.6) is 0 Å². The summed E-state index contributed by atoms with van der Waals surface area (Å²) >= 11 is 0. The summed E-state index contributed by atoms with van der Waals surface area (Å²) in [6, 6.07) is 11.3. The summed E-state index contributed by atoms with van der Waals surface area (Å²) in [5, 5.41) is 8.49. The van der Waals surface area contributed by atoms with E-state index in [2.05, 4.69) is 6.07 Å². The van der Waals surface area contributed by atoms with E-state index in [0.717, 1.165) is 18.4 Å². The van der Waals surface area contributed by atoms with Crippen LogP contribution in [0.25, 0.3) is 0 Å². The van der Waals surface area contributed by atoms with Gasteiger partial charge in [0, 0.05) is 0 Å². The van der Waals surface area contributed by atoms with Gasteiger partial charge in [-0.25, -0.2) is 8.42 Å². The van der Waals surface area contributed by atoms with Crippen molar-refractivity contribution >= 4 is 9.84 Å². The normalized spacial score (nSPS) is 24.4. The summed E-state index contributed by atoms with van der Waals surface area (Å²) in [5.74, 6) is -0.264. The van der Waals surface area contributed by atoms with E-state index in [1.54, 1.807) is 0 Å². The number of sulfone groups is 1. The molecule has 90 valence electrons. The summed E-state index contributed by atoms with van der Waals surface area (Å²) in [4.78, 5) is 0. The second kappa shape index (κ2) is 4.89. The van der Waals surface area contributed by atoms with Gasteiger partial charge in [0.05, 0.1) is 23.0 Å². The maximum atomic E-state index is 12.2. The Bertz CT molecular complexity index is 516. The molecule has 0 spiro atoms. The molecule has 17 heavy (non-hydrogen) atoms. The molecule has 1 aliphatic carbocycles. The van der Waals surface area contributed by atoms with Gasteiger partial charge in [0.1, 0.15) is 0 Å². The lowest BCUT2D eigenvalue weighted by Crippen LogP contribution is -2.25. The lowest BCUT2D eigenvalue weighted by molar-refractivity contribution is 0.564. The van der Waals surface area contributed by atoms with Crippen LogP contribution < -0.4 is 0 Å². The van der Waals surface area contributed by atoms with Gasteiger partial charge in [-0.1, -0.05) is 36.8 Å². The van der Waals surface area contributed by atoms with Crippen molar-refractivity contribution in [3.05, 3.63) is 35.9 Å². The Morgan fingerprint density at radius 3 is 2.59 bits per heavy atom. The van der Waals surface area contributed by atoms with Gasteiger partial charge in [-0.05, 0) is 18.4 Å². The standard InChI is InChI=1S/C13H15NO2S/c14-9-12-7-4-8-13(12)17(15,16)10-11-5-2-1-3-6-11/h1-3,5-6,12-13H,4,7-8,10H2. The van der Waals surface area contributed by atoms with E-state index in [1.807, 2.05) is 30.3 Å². The van der Waals surface area contributed by atoms with E-state index in [1.165, 1.54) is 0 Å². The first kappa shape index (κ1) is 12.1. The number of nitrogens with zero attached hydrogens (tertiary/aromatic N) is 1. The highest BCUT2D eigenvalue weighted by Crippen LogP contribution is 2.32. The Hall–Kier alpha value is -1.34. The van der Waals surface area contributed by atoms with Crippen molar-refractivity contribution in [2.45, 2.75) is 30.3 Å². The Kier molecular flexibility index (Phi) is 3.49. The highest BCUT2D eigenvalue weighted by Gasteiger charge is 2.37. The van der Waals surface area contributed by atoms with Crippen LogP contribution in [0.3, 0.4) is 0 Å². The molecule has 1 fully saturated rings. The third-order valence-corrected chi connectivity index (χ3v) is 5.51. The van der Waals surface area contributed by atoms with Gasteiger partial charge in [-0.2, -0.15) is 5.26 Å². The molecule has 2 unspecified atom stereocenters. The summed E-state index contributed by atoms with van der Waals surface area (Å²) in [6.45, 7) is 0. The minimum Gasteiger partial charge on any atom is -0.228 e. The molecule has 0 aromatic heterocycles. The molecule has 0 radical (unpaired) electrons. The molecule has 4 heteroatoms. The van der Waals surface area contributed by atoms with Crippen LogP contribution in [0.4, 0.5) is 0 Å². The van der Waals surface area contributed by atoms with Crippen LogP contribution in [0.1, 0.15) is 24.8 Å². The van der Waals surface area contributed by atoms with Gasteiger partial charge in [0.2, 0.25) is 0 Å². The number of nitriles is 1. The Morgan fingerprint density at radius 2 is 1.94 bits per heavy atom. The van der Waals surface area contributed by atoms with Crippen LogP contribution in [-0.4, -0.2) is 13.7 Å². The van der Waals surface area contributed by atoms with E-state index in [9.17, 15) is 8.42 Å². The monoisotopic (exact) mass is 249 g/mol. The van der Waals surface area contributed by atoms with Crippen molar-refractivity contribution in [2.24, 2.45) is 5.92 Å². The molecular formula is C13H15NO2S. The minimum atomic E-state index is -3.20. The maximum Gasteiger partial charge on any atom is 0.158 e. The molecule has 1 aromatic carbocycles. The fourth-order valence-electron chi connectivity index (χ4n) is 2.42. The molecule has 3 nitrogen and oxygen atoms in total. The topological polar surface area (TPSA) is 57.9 Å². The van der Waals surface area contributed by atoms with Gasteiger partial charge in [0.25, 0.3) is 0 Å². The van der Waals surface area contributed by atoms with Gasteiger partial charge in [-0.3, -0.25) is 0 Å². The number of rotatable bonds is 3. The largest absolute Gasteiger partial charge is 0.228 e. The van der Waals surface area contributed by atoms with Crippen molar-refractivity contribution in [2.75, 3.05) is 0 Å². The summed E-state index contributed by atoms with van der Waals surface area (Å²) < 4.78 is 24.4. The Labute approximate surface area is 102 Å². The quantitative estimate of drug-likeness (QED) is 0.825. The van der Waals surface area contributed by atoms with Crippen molar-refractivity contribution in [3.8, 4) is 6.07 Å². The number of hydrogen-bond donors (Lipinski definition) is 0. The molecule has 0 amide bonds. The lowest BCUT2D eigenvalue weighted by atomic mass is 10.1. The first-order valence-corrected chi connectivity index (χ1v) is 7.50. The van der Waals surface area contributed by atoms with E-state index in [4.69, 9.17) is 5.26 Å². The molecule has 0 heterocycles. The van der Waals surface area contributed by atoms with Crippen molar-refractivity contribution in [1.82, 2.24) is 0 Å². The van der Waals surface area contributed by atoms with Crippen LogP contribution in [0.15, 0.2) is 30.3 Å². The van der Waals surface area contributed by atoms with Crippen LogP contribution in [0, 0.1) is 17.2 Å². The highest BCUT2D eigenvalue weighted by atomic mass is 32.2.